The Morgan fingerprint density at radius 2 is 2.50 bits per heavy atom. The van der Waals surface area contributed by atoms with Gasteiger partial charge in [-0.2, -0.15) is 0 Å². The van der Waals surface area contributed by atoms with Crippen LogP contribution in [-0.4, -0.2) is 17.4 Å². The highest BCUT2D eigenvalue weighted by atomic mass is 32.2. The van der Waals surface area contributed by atoms with Crippen LogP contribution in [0.3, 0.4) is 0 Å². The van der Waals surface area contributed by atoms with Crippen LogP contribution in [0.5, 0.6) is 0 Å². The van der Waals surface area contributed by atoms with Crippen molar-refractivity contribution in [3.05, 3.63) is 0 Å². The second-order valence-electron chi connectivity index (χ2n) is 1.08. The molecule has 8 heavy (non-hydrogen) atoms. The first kappa shape index (κ1) is 7.58. The summed E-state index contributed by atoms with van der Waals surface area (Å²) >= 11 is 0.218. The van der Waals surface area contributed by atoms with Crippen LogP contribution in [0.1, 0.15) is 6.92 Å². The lowest BCUT2D eigenvalue weighted by Gasteiger charge is -1.92. The minimum atomic E-state index is 0.218. The lowest BCUT2D eigenvalue weighted by Crippen LogP contribution is -2.13. The minimum absolute atomic E-state index is 0.218. The number of nitrogens with zero attached hydrogens (tertiary/aromatic N) is 1. The third-order valence-corrected chi connectivity index (χ3v) is 0.711. The summed E-state index contributed by atoms with van der Waals surface area (Å²) in [5, 5.41) is 6.08. The van der Waals surface area contributed by atoms with Crippen molar-refractivity contribution in [1.82, 2.24) is 5.32 Å². The number of rotatable bonds is 2. The van der Waals surface area contributed by atoms with Crippen LogP contribution in [0.25, 0.3) is 0 Å². The second kappa shape index (κ2) is 4.73. The fraction of sp³-hybridized carbons (Fsp3) is 0.667. The molecule has 0 fully saturated rings. The third kappa shape index (κ3) is 3.76. The third-order valence-electron chi connectivity index (χ3n) is 0.569. The fourth-order valence-corrected chi connectivity index (χ4v) is 0.263. The van der Waals surface area contributed by atoms with E-state index in [2.05, 4.69) is 14.8 Å². The zero-order valence-corrected chi connectivity index (χ0v) is 5.53. The molecule has 0 unspecified atom stereocenters. The van der Waals surface area contributed by atoms with Crippen LogP contribution < -0.4 is 5.32 Å². The van der Waals surface area contributed by atoms with Gasteiger partial charge in [-0.05, 0) is 6.92 Å². The van der Waals surface area contributed by atoms with E-state index >= 15 is 0 Å². The van der Waals surface area contributed by atoms with Gasteiger partial charge in [0.05, 0.1) is 0 Å². The van der Waals surface area contributed by atoms with E-state index in [1.54, 1.807) is 14.0 Å². The second-order valence-corrected chi connectivity index (χ2v) is 1.37. The van der Waals surface area contributed by atoms with E-state index in [0.29, 0.717) is 5.84 Å². The highest BCUT2D eigenvalue weighted by Gasteiger charge is 1.81. The van der Waals surface area contributed by atoms with Crippen LogP contribution in [0.2, 0.25) is 0 Å². The molecule has 0 heterocycles. The summed E-state index contributed by atoms with van der Waals surface area (Å²) in [7, 11) is 1.71. The van der Waals surface area contributed by atoms with Gasteiger partial charge in [-0.15, -0.1) is 0 Å². The van der Waals surface area contributed by atoms with Crippen molar-refractivity contribution in [3.8, 4) is 0 Å². The van der Waals surface area contributed by atoms with Crippen molar-refractivity contribution in [1.29, 1.82) is 0 Å². The highest BCUT2D eigenvalue weighted by molar-refractivity contribution is 7.88. The molecule has 0 bridgehead atoms. The van der Waals surface area contributed by atoms with Crippen molar-refractivity contribution in [3.63, 3.8) is 0 Å². The van der Waals surface area contributed by atoms with Gasteiger partial charge in [-0.25, -0.2) is 0 Å². The van der Waals surface area contributed by atoms with E-state index in [4.69, 9.17) is 4.55 Å². The highest BCUT2D eigenvalue weighted by Crippen LogP contribution is 1.92. The molecule has 48 valence electrons. The van der Waals surface area contributed by atoms with Gasteiger partial charge in [-0.3, -0.25) is 8.84 Å². The van der Waals surface area contributed by atoms with Gasteiger partial charge in [0.25, 0.3) is 12.3 Å². The molecule has 2 N–H and O–H groups in total. The van der Waals surface area contributed by atoms with Crippen LogP contribution in [0.15, 0.2) is 5.16 Å². The zero-order valence-electron chi connectivity index (χ0n) is 4.71. The summed E-state index contributed by atoms with van der Waals surface area (Å²) < 4.78 is 12.2. The first-order valence-corrected chi connectivity index (χ1v) is 2.70. The van der Waals surface area contributed by atoms with Crippen molar-refractivity contribution in [2.24, 2.45) is 5.16 Å². The van der Waals surface area contributed by atoms with Gasteiger partial charge in [-0.1, -0.05) is 5.16 Å². The molecular weight excluding hydrogens is 128 g/mol. The van der Waals surface area contributed by atoms with Crippen molar-refractivity contribution >= 4 is 18.2 Å². The van der Waals surface area contributed by atoms with Gasteiger partial charge >= 0.3 is 0 Å². The Morgan fingerprint density at radius 1 is 1.88 bits per heavy atom. The number of amidine groups is 1. The lowest BCUT2D eigenvalue weighted by atomic mass is 10.7. The van der Waals surface area contributed by atoms with E-state index < -0.39 is 0 Å². The molecule has 0 rings (SSSR count). The van der Waals surface area contributed by atoms with Gasteiger partial charge in [0.15, 0.2) is 0 Å². The number of hydrogen-bond donors (Lipinski definition) is 2. The van der Waals surface area contributed by atoms with Crippen LogP contribution in [0, 0.1) is 0 Å². The SMILES string of the molecule is CN/C(C)=N\OSO. The summed E-state index contributed by atoms with van der Waals surface area (Å²) in [6, 6.07) is 0. The average molecular weight is 136 g/mol. The fourth-order valence-electron chi connectivity index (χ4n) is 0.118. The molecule has 0 aromatic rings. The number of nitrogens with one attached hydrogen (secondary N) is 1. The summed E-state index contributed by atoms with van der Waals surface area (Å²) in [4.78, 5) is 0. The van der Waals surface area contributed by atoms with Crippen molar-refractivity contribution in [2.45, 2.75) is 6.92 Å². The Morgan fingerprint density at radius 3 is 2.88 bits per heavy atom. The van der Waals surface area contributed by atoms with Gasteiger partial charge in [0.1, 0.15) is 5.84 Å². The Bertz CT molecular complexity index is 85.4. The molecule has 0 saturated heterocycles. The van der Waals surface area contributed by atoms with Crippen LogP contribution in [0.4, 0.5) is 0 Å². The molecule has 4 nitrogen and oxygen atoms in total. The minimum Gasteiger partial charge on any atom is -0.374 e. The maximum atomic E-state index is 7.97. The normalized spacial score (nSPS) is 11.1. The Kier molecular flexibility index (Phi) is 4.48. The smallest absolute Gasteiger partial charge is 0.251 e. The molecule has 0 aromatic carbocycles. The molecule has 0 amide bonds. The standard InChI is InChI=1S/C3H8N2O2S/c1-3(4-2)5-7-8-6/h6H,1-2H3,(H,4,5). The van der Waals surface area contributed by atoms with Gasteiger partial charge in [0.2, 0.25) is 0 Å². The van der Waals surface area contributed by atoms with E-state index in [-0.39, 0.29) is 12.3 Å². The number of oxime groups is 1. The van der Waals surface area contributed by atoms with Crippen molar-refractivity contribution < 1.29 is 8.84 Å². The molecule has 0 saturated carbocycles. The Hall–Kier alpha value is -0.420. The van der Waals surface area contributed by atoms with Crippen LogP contribution >= 0.6 is 12.3 Å². The molecule has 0 aromatic heterocycles. The predicted molar refractivity (Wildman–Crippen MR) is 33.5 cm³/mol. The lowest BCUT2D eigenvalue weighted by molar-refractivity contribution is 0.366. The zero-order chi connectivity index (χ0) is 6.41. The molecule has 5 heteroatoms. The topological polar surface area (TPSA) is 53.9 Å². The van der Waals surface area contributed by atoms with Crippen LogP contribution in [-0.2, 0) is 4.28 Å². The summed E-state index contributed by atoms with van der Waals surface area (Å²) in [6.07, 6.45) is 0. The molecule has 0 spiro atoms. The summed E-state index contributed by atoms with van der Waals surface area (Å²) in [5.41, 5.74) is 0. The Balaban J connectivity index is 3.26. The molecule has 0 atom stereocenters. The Labute approximate surface area is 52.3 Å². The maximum Gasteiger partial charge on any atom is 0.251 e. The molecule has 0 radical (unpaired) electrons. The van der Waals surface area contributed by atoms with Crippen molar-refractivity contribution in [2.75, 3.05) is 7.05 Å². The molecule has 0 aliphatic heterocycles. The van der Waals surface area contributed by atoms with E-state index in [1.165, 1.54) is 0 Å². The predicted octanol–water partition coefficient (Wildman–Crippen LogP) is 0.677. The largest absolute Gasteiger partial charge is 0.374 e. The summed E-state index contributed by atoms with van der Waals surface area (Å²) in [6.45, 7) is 1.72. The van der Waals surface area contributed by atoms with E-state index in [0.717, 1.165) is 0 Å². The van der Waals surface area contributed by atoms with E-state index in [9.17, 15) is 0 Å². The van der Waals surface area contributed by atoms with Gasteiger partial charge in [0, 0.05) is 7.05 Å². The average Bonchev–Trinajstić information content (AvgIpc) is 1.83. The molecule has 0 aliphatic carbocycles. The maximum absolute atomic E-state index is 7.97. The van der Waals surface area contributed by atoms with Gasteiger partial charge < -0.3 is 5.32 Å². The summed E-state index contributed by atoms with van der Waals surface area (Å²) in [5.74, 6) is 0.617. The molecular formula is C3H8N2O2S. The monoisotopic (exact) mass is 136 g/mol. The quantitative estimate of drug-likeness (QED) is 0.253. The van der Waals surface area contributed by atoms with E-state index in [1.807, 2.05) is 0 Å². The molecule has 0 aliphatic rings. The number of hydrogen-bond acceptors (Lipinski definition) is 4. The first-order chi connectivity index (χ1) is 3.81. The first-order valence-electron chi connectivity index (χ1n) is 2.01.